The first-order chi connectivity index (χ1) is 11.7. The summed E-state index contributed by atoms with van der Waals surface area (Å²) in [5.74, 6) is 1.62. The third-order valence-electron chi connectivity index (χ3n) is 4.39. The molecule has 5 heteroatoms. The third-order valence-corrected chi connectivity index (χ3v) is 4.39. The van der Waals surface area contributed by atoms with Crippen molar-refractivity contribution in [3.05, 3.63) is 29.8 Å². The fourth-order valence-corrected chi connectivity index (χ4v) is 3.07. The van der Waals surface area contributed by atoms with E-state index in [0.29, 0.717) is 19.7 Å². The van der Waals surface area contributed by atoms with E-state index in [1.54, 1.807) is 0 Å². The Morgan fingerprint density at radius 1 is 1.17 bits per heavy atom. The molecule has 0 unspecified atom stereocenters. The summed E-state index contributed by atoms with van der Waals surface area (Å²) in [5, 5.41) is 17.2. The van der Waals surface area contributed by atoms with Gasteiger partial charge in [0.2, 0.25) is 0 Å². The number of rotatable bonds is 7. The standard InChI is InChI=1S/C19H31N3O2/c1-3-20-18(22-15-19(23)12-8-5-9-13-19)21-14-16-10-6-7-11-17(16)24-4-2/h6-7,10-11,23H,3-5,8-9,12-15H2,1-2H3,(H2,20,21,22). The molecule has 0 amide bonds. The summed E-state index contributed by atoms with van der Waals surface area (Å²) >= 11 is 0. The summed E-state index contributed by atoms with van der Waals surface area (Å²) in [7, 11) is 0. The highest BCUT2D eigenvalue weighted by Gasteiger charge is 2.29. The lowest BCUT2D eigenvalue weighted by atomic mass is 9.85. The Balaban J connectivity index is 1.97. The minimum atomic E-state index is -0.600. The van der Waals surface area contributed by atoms with Gasteiger partial charge in [-0.05, 0) is 32.8 Å². The van der Waals surface area contributed by atoms with Crippen molar-refractivity contribution >= 4 is 5.96 Å². The van der Waals surface area contributed by atoms with Crippen molar-refractivity contribution in [2.45, 2.75) is 58.1 Å². The molecule has 1 fully saturated rings. The molecule has 1 saturated carbocycles. The molecule has 3 N–H and O–H groups in total. The van der Waals surface area contributed by atoms with Crippen molar-refractivity contribution in [3.63, 3.8) is 0 Å². The molecule has 0 bridgehead atoms. The fraction of sp³-hybridized carbons (Fsp3) is 0.632. The molecule has 0 atom stereocenters. The van der Waals surface area contributed by atoms with Gasteiger partial charge in [-0.2, -0.15) is 0 Å². The van der Waals surface area contributed by atoms with E-state index < -0.39 is 5.60 Å². The number of hydrogen-bond acceptors (Lipinski definition) is 3. The Labute approximate surface area is 145 Å². The highest BCUT2D eigenvalue weighted by atomic mass is 16.5. The molecule has 1 aromatic carbocycles. The van der Waals surface area contributed by atoms with Gasteiger partial charge in [-0.25, -0.2) is 4.99 Å². The topological polar surface area (TPSA) is 65.9 Å². The number of guanidine groups is 1. The molecular formula is C19H31N3O2. The summed E-state index contributed by atoms with van der Waals surface area (Å²) in [6.45, 7) is 6.55. The van der Waals surface area contributed by atoms with E-state index in [9.17, 15) is 5.11 Å². The van der Waals surface area contributed by atoms with Gasteiger partial charge in [0, 0.05) is 18.7 Å². The lowest BCUT2D eigenvalue weighted by molar-refractivity contribution is 0.00859. The van der Waals surface area contributed by atoms with E-state index in [0.717, 1.165) is 49.5 Å². The van der Waals surface area contributed by atoms with Crippen molar-refractivity contribution in [2.75, 3.05) is 19.7 Å². The molecule has 1 aliphatic carbocycles. The summed E-state index contributed by atoms with van der Waals surface area (Å²) in [5.41, 5.74) is 0.463. The SMILES string of the molecule is CCNC(=NCc1ccccc1OCC)NCC1(O)CCCCC1. The first-order valence-corrected chi connectivity index (χ1v) is 9.12. The molecular weight excluding hydrogens is 302 g/mol. The molecule has 0 heterocycles. The number of nitrogens with one attached hydrogen (secondary N) is 2. The lowest BCUT2D eigenvalue weighted by Crippen LogP contribution is -2.48. The van der Waals surface area contributed by atoms with E-state index in [1.807, 2.05) is 38.1 Å². The zero-order valence-corrected chi connectivity index (χ0v) is 15.0. The van der Waals surface area contributed by atoms with Crippen LogP contribution in [0, 0.1) is 0 Å². The number of para-hydroxylation sites is 1. The van der Waals surface area contributed by atoms with Gasteiger partial charge in [-0.3, -0.25) is 0 Å². The summed E-state index contributed by atoms with van der Waals surface area (Å²) < 4.78 is 5.65. The third kappa shape index (κ3) is 5.71. The van der Waals surface area contributed by atoms with Crippen LogP contribution in [-0.4, -0.2) is 36.4 Å². The second-order valence-electron chi connectivity index (χ2n) is 6.37. The van der Waals surface area contributed by atoms with E-state index in [2.05, 4.69) is 15.6 Å². The fourth-order valence-electron chi connectivity index (χ4n) is 3.07. The van der Waals surface area contributed by atoms with Crippen molar-refractivity contribution in [1.82, 2.24) is 10.6 Å². The van der Waals surface area contributed by atoms with Gasteiger partial charge in [0.25, 0.3) is 0 Å². The van der Waals surface area contributed by atoms with Crippen molar-refractivity contribution in [3.8, 4) is 5.75 Å². The molecule has 1 aliphatic rings. The average Bonchev–Trinajstić information content (AvgIpc) is 2.59. The van der Waals surface area contributed by atoms with Gasteiger partial charge in [-0.1, -0.05) is 37.5 Å². The van der Waals surface area contributed by atoms with Gasteiger partial charge in [-0.15, -0.1) is 0 Å². The maximum Gasteiger partial charge on any atom is 0.191 e. The number of nitrogens with zero attached hydrogens (tertiary/aromatic N) is 1. The van der Waals surface area contributed by atoms with Crippen LogP contribution in [0.3, 0.4) is 0 Å². The van der Waals surface area contributed by atoms with Gasteiger partial charge in [0.1, 0.15) is 5.75 Å². The van der Waals surface area contributed by atoms with Crippen LogP contribution in [-0.2, 0) is 6.54 Å². The molecule has 0 spiro atoms. The molecule has 0 aromatic heterocycles. The maximum absolute atomic E-state index is 10.6. The molecule has 2 rings (SSSR count). The Bertz CT molecular complexity index is 525. The Hall–Kier alpha value is -1.75. The van der Waals surface area contributed by atoms with Gasteiger partial charge in [0.15, 0.2) is 5.96 Å². The predicted molar refractivity (Wildman–Crippen MR) is 98.5 cm³/mol. The molecule has 5 nitrogen and oxygen atoms in total. The number of aliphatic hydroxyl groups is 1. The quantitative estimate of drug-likeness (QED) is 0.530. The van der Waals surface area contributed by atoms with Crippen LogP contribution < -0.4 is 15.4 Å². The van der Waals surface area contributed by atoms with Crippen LogP contribution in [0.2, 0.25) is 0 Å². The molecule has 0 radical (unpaired) electrons. The zero-order valence-electron chi connectivity index (χ0n) is 15.0. The van der Waals surface area contributed by atoms with Crippen LogP contribution >= 0.6 is 0 Å². The second kappa shape index (κ2) is 9.52. The molecule has 0 aliphatic heterocycles. The summed E-state index contributed by atoms with van der Waals surface area (Å²) in [4.78, 5) is 4.65. The highest BCUT2D eigenvalue weighted by molar-refractivity contribution is 5.79. The Morgan fingerprint density at radius 2 is 1.92 bits per heavy atom. The van der Waals surface area contributed by atoms with Gasteiger partial charge < -0.3 is 20.5 Å². The number of ether oxygens (including phenoxy) is 1. The first-order valence-electron chi connectivity index (χ1n) is 9.12. The van der Waals surface area contributed by atoms with Crippen molar-refractivity contribution in [2.24, 2.45) is 4.99 Å². The van der Waals surface area contributed by atoms with Crippen LogP contribution in [0.4, 0.5) is 0 Å². The van der Waals surface area contributed by atoms with Crippen LogP contribution in [0.25, 0.3) is 0 Å². The highest BCUT2D eigenvalue weighted by Crippen LogP contribution is 2.27. The largest absolute Gasteiger partial charge is 0.494 e. The lowest BCUT2D eigenvalue weighted by Gasteiger charge is -2.32. The Kier molecular flexibility index (Phi) is 7.37. The zero-order chi connectivity index (χ0) is 17.3. The molecule has 24 heavy (non-hydrogen) atoms. The maximum atomic E-state index is 10.6. The number of hydrogen-bond donors (Lipinski definition) is 3. The van der Waals surface area contributed by atoms with Crippen molar-refractivity contribution < 1.29 is 9.84 Å². The number of benzene rings is 1. The van der Waals surface area contributed by atoms with Crippen LogP contribution in [0.5, 0.6) is 5.75 Å². The minimum absolute atomic E-state index is 0.546. The molecule has 1 aromatic rings. The van der Waals surface area contributed by atoms with E-state index in [1.165, 1.54) is 6.42 Å². The average molecular weight is 333 g/mol. The normalized spacial score (nSPS) is 17.4. The number of aliphatic imine (C=N–C) groups is 1. The van der Waals surface area contributed by atoms with Gasteiger partial charge in [0.05, 0.1) is 18.8 Å². The Morgan fingerprint density at radius 3 is 2.62 bits per heavy atom. The second-order valence-corrected chi connectivity index (χ2v) is 6.37. The van der Waals surface area contributed by atoms with Crippen LogP contribution in [0.1, 0.15) is 51.5 Å². The summed E-state index contributed by atoms with van der Waals surface area (Å²) in [6, 6.07) is 7.98. The smallest absolute Gasteiger partial charge is 0.191 e. The summed E-state index contributed by atoms with van der Waals surface area (Å²) in [6.07, 6.45) is 5.17. The van der Waals surface area contributed by atoms with Gasteiger partial charge >= 0.3 is 0 Å². The van der Waals surface area contributed by atoms with E-state index in [-0.39, 0.29) is 0 Å². The molecule has 134 valence electrons. The van der Waals surface area contributed by atoms with Crippen molar-refractivity contribution in [1.29, 1.82) is 0 Å². The van der Waals surface area contributed by atoms with E-state index in [4.69, 9.17) is 4.74 Å². The molecule has 0 saturated heterocycles. The van der Waals surface area contributed by atoms with Crippen LogP contribution in [0.15, 0.2) is 29.3 Å². The minimum Gasteiger partial charge on any atom is -0.494 e. The predicted octanol–water partition coefficient (Wildman–Crippen LogP) is 2.84. The monoisotopic (exact) mass is 333 g/mol. The van der Waals surface area contributed by atoms with E-state index >= 15 is 0 Å². The first kappa shape index (κ1) is 18.6.